The van der Waals surface area contributed by atoms with Crippen molar-refractivity contribution in [3.05, 3.63) is 62.8 Å². The topological polar surface area (TPSA) is 95.9 Å². The smallest absolute Gasteiger partial charge is 0.346 e. The quantitative estimate of drug-likeness (QED) is 0.545. The van der Waals surface area contributed by atoms with Gasteiger partial charge in [0.25, 0.3) is 0 Å². The van der Waals surface area contributed by atoms with E-state index < -0.39 is 5.97 Å². The molecule has 3 N–H and O–H groups in total. The number of amides is 1. The highest BCUT2D eigenvalue weighted by Gasteiger charge is 2.34. The molecule has 2 heterocycles. The highest BCUT2D eigenvalue weighted by atomic mass is 35.5. The number of rotatable bonds is 4. The Bertz CT molecular complexity index is 1120. The molecule has 1 amide bonds. The molecule has 0 aliphatic carbocycles. The van der Waals surface area contributed by atoms with Gasteiger partial charge in [-0.15, -0.1) is 11.3 Å². The van der Waals surface area contributed by atoms with E-state index in [1.165, 1.54) is 7.11 Å². The summed E-state index contributed by atoms with van der Waals surface area (Å²) in [6.07, 6.45) is 0.151. The Labute approximate surface area is 175 Å². The van der Waals surface area contributed by atoms with Crippen LogP contribution in [0.3, 0.4) is 0 Å². The third-order valence-electron chi connectivity index (χ3n) is 4.84. The van der Waals surface area contributed by atoms with E-state index in [4.69, 9.17) is 16.3 Å². The molecule has 3 aromatic rings. The molecule has 2 aromatic carbocycles. The maximum absolute atomic E-state index is 12.5. The molecule has 0 saturated heterocycles. The van der Waals surface area contributed by atoms with Gasteiger partial charge in [-0.1, -0.05) is 29.8 Å². The number of ether oxygens (including phenoxy) is 1. The van der Waals surface area contributed by atoms with Gasteiger partial charge < -0.3 is 20.3 Å². The second kappa shape index (κ2) is 7.42. The van der Waals surface area contributed by atoms with Crippen LogP contribution in [0.15, 0.2) is 42.5 Å². The van der Waals surface area contributed by atoms with E-state index in [1.54, 1.807) is 42.5 Å². The van der Waals surface area contributed by atoms with Crippen LogP contribution in [0.1, 0.15) is 32.5 Å². The van der Waals surface area contributed by atoms with Gasteiger partial charge in [0.2, 0.25) is 5.91 Å². The van der Waals surface area contributed by atoms with Gasteiger partial charge in [0.1, 0.15) is 4.88 Å². The van der Waals surface area contributed by atoms with Gasteiger partial charge in [0.15, 0.2) is 11.5 Å². The minimum Gasteiger partial charge on any atom is -0.504 e. The highest BCUT2D eigenvalue weighted by molar-refractivity contribution is 7.15. The first-order valence-corrected chi connectivity index (χ1v) is 9.91. The lowest BCUT2D eigenvalue weighted by Gasteiger charge is -2.24. The van der Waals surface area contributed by atoms with Crippen LogP contribution in [0.4, 0.5) is 5.69 Å². The molecule has 29 heavy (non-hydrogen) atoms. The number of methoxy groups -OCH3 is 1. The Morgan fingerprint density at radius 1 is 1.24 bits per heavy atom. The number of phenols is 1. The predicted molar refractivity (Wildman–Crippen MR) is 111 cm³/mol. The summed E-state index contributed by atoms with van der Waals surface area (Å²) >= 11 is 7.10. The number of fused-ring (bicyclic) bond motifs is 1. The average Bonchev–Trinajstić information content (AvgIpc) is 3.07. The van der Waals surface area contributed by atoms with Gasteiger partial charge in [-0.2, -0.15) is 0 Å². The van der Waals surface area contributed by atoms with Crippen molar-refractivity contribution in [2.45, 2.75) is 12.3 Å². The molecule has 1 atom stereocenters. The van der Waals surface area contributed by atoms with E-state index >= 15 is 0 Å². The largest absolute Gasteiger partial charge is 0.504 e. The van der Waals surface area contributed by atoms with Crippen LogP contribution in [0.5, 0.6) is 11.5 Å². The van der Waals surface area contributed by atoms with Gasteiger partial charge >= 0.3 is 5.97 Å². The number of aromatic carboxylic acids is 1. The van der Waals surface area contributed by atoms with Gasteiger partial charge in [0.05, 0.1) is 12.8 Å². The summed E-state index contributed by atoms with van der Waals surface area (Å²) in [6.45, 7) is 0. The molecule has 6 nitrogen and oxygen atoms in total. The van der Waals surface area contributed by atoms with Gasteiger partial charge in [-0.25, -0.2) is 4.79 Å². The molecule has 0 radical (unpaired) electrons. The number of phenolic OH excluding ortho intramolecular Hbond substituents is 1. The van der Waals surface area contributed by atoms with Crippen molar-refractivity contribution < 1.29 is 24.5 Å². The normalized spacial score (nSPS) is 15.5. The van der Waals surface area contributed by atoms with Crippen molar-refractivity contribution in [1.82, 2.24) is 0 Å². The van der Waals surface area contributed by atoms with Crippen LogP contribution in [-0.2, 0) is 4.79 Å². The molecule has 1 aliphatic rings. The molecule has 4 rings (SSSR count). The maximum atomic E-state index is 12.5. The molecule has 8 heteroatoms. The summed E-state index contributed by atoms with van der Waals surface area (Å²) in [4.78, 5) is 25.3. The van der Waals surface area contributed by atoms with E-state index in [1.807, 2.05) is 0 Å². The number of aromatic hydroxyl groups is 1. The molecule has 148 valence electrons. The fourth-order valence-electron chi connectivity index (χ4n) is 3.52. The van der Waals surface area contributed by atoms with E-state index in [2.05, 4.69) is 5.32 Å². The van der Waals surface area contributed by atoms with Crippen molar-refractivity contribution in [3.63, 3.8) is 0 Å². The second-order valence-corrected chi connectivity index (χ2v) is 8.08. The molecule has 1 aromatic heterocycles. The zero-order chi connectivity index (χ0) is 20.7. The molecule has 0 saturated carbocycles. The summed E-state index contributed by atoms with van der Waals surface area (Å²) < 4.78 is 5.08. The SMILES string of the molecule is COc1ccc(C2CC(=O)Nc3c2sc(C(=O)O)c3-c2ccc(Cl)cc2)cc1O. The zero-order valence-electron chi connectivity index (χ0n) is 15.2. The molecular formula is C21H16ClNO5S. The predicted octanol–water partition coefficient (Wildman–Crippen LogP) is 4.96. The number of carbonyl (C=O) groups is 2. The Hall–Kier alpha value is -3.03. The summed E-state index contributed by atoms with van der Waals surface area (Å²) in [7, 11) is 1.46. The Morgan fingerprint density at radius 2 is 1.97 bits per heavy atom. The second-order valence-electron chi connectivity index (χ2n) is 6.59. The van der Waals surface area contributed by atoms with Crippen LogP contribution in [0, 0.1) is 0 Å². The van der Waals surface area contributed by atoms with Crippen LogP contribution in [-0.4, -0.2) is 29.2 Å². The number of benzene rings is 2. The van der Waals surface area contributed by atoms with Crippen molar-refractivity contribution in [1.29, 1.82) is 0 Å². The number of thiophene rings is 1. The van der Waals surface area contributed by atoms with Crippen LogP contribution in [0.25, 0.3) is 11.1 Å². The lowest BCUT2D eigenvalue weighted by molar-refractivity contribution is -0.116. The van der Waals surface area contributed by atoms with E-state index in [9.17, 15) is 19.8 Å². The zero-order valence-corrected chi connectivity index (χ0v) is 16.8. The third-order valence-corrected chi connectivity index (χ3v) is 6.38. The third kappa shape index (κ3) is 3.43. The van der Waals surface area contributed by atoms with E-state index in [-0.39, 0.29) is 28.9 Å². The van der Waals surface area contributed by atoms with Crippen molar-refractivity contribution in [3.8, 4) is 22.6 Å². The summed E-state index contributed by atoms with van der Waals surface area (Å²) in [6, 6.07) is 11.8. The minimum atomic E-state index is -1.07. The highest BCUT2D eigenvalue weighted by Crippen LogP contribution is 2.50. The molecule has 0 fully saturated rings. The Morgan fingerprint density at radius 3 is 2.59 bits per heavy atom. The number of carbonyl (C=O) groups excluding carboxylic acids is 1. The number of carboxylic acid groups (broad SMARTS) is 1. The summed E-state index contributed by atoms with van der Waals surface area (Å²) in [5.74, 6) is -1.37. The molecule has 0 spiro atoms. The first-order valence-electron chi connectivity index (χ1n) is 8.71. The van der Waals surface area contributed by atoms with Crippen molar-refractivity contribution in [2.24, 2.45) is 0 Å². The molecule has 1 aliphatic heterocycles. The Balaban J connectivity index is 1.90. The fourth-order valence-corrected chi connectivity index (χ4v) is 4.89. The maximum Gasteiger partial charge on any atom is 0.346 e. The Kier molecular flexibility index (Phi) is 4.94. The number of anilines is 1. The minimum absolute atomic E-state index is 0.0366. The average molecular weight is 430 g/mol. The van der Waals surface area contributed by atoms with E-state index in [0.717, 1.165) is 16.2 Å². The van der Waals surface area contributed by atoms with Gasteiger partial charge in [0, 0.05) is 27.8 Å². The number of hydrogen-bond donors (Lipinski definition) is 3. The van der Waals surface area contributed by atoms with Gasteiger partial charge in [-0.05, 0) is 35.4 Å². The number of carboxylic acids is 1. The summed E-state index contributed by atoms with van der Waals surface area (Å²) in [5.41, 5.74) is 2.32. The molecule has 1 unspecified atom stereocenters. The van der Waals surface area contributed by atoms with Crippen LogP contribution < -0.4 is 10.1 Å². The fraction of sp³-hybridized carbons (Fsp3) is 0.143. The standard InChI is InChI=1S/C21H16ClNO5S/c1-28-15-7-4-11(8-14(15)24)13-9-16(25)23-18-17(10-2-5-12(22)6-3-10)20(21(26)27)29-19(13)18/h2-8,13,24H,9H2,1H3,(H,23,25)(H,26,27). The first kappa shape index (κ1) is 19.3. The van der Waals surface area contributed by atoms with Gasteiger partial charge in [-0.3, -0.25) is 4.79 Å². The lowest BCUT2D eigenvalue weighted by atomic mass is 9.88. The monoisotopic (exact) mass is 429 g/mol. The number of halogens is 1. The van der Waals surface area contributed by atoms with Crippen molar-refractivity contribution in [2.75, 3.05) is 12.4 Å². The molecular weight excluding hydrogens is 414 g/mol. The lowest BCUT2D eigenvalue weighted by Crippen LogP contribution is -2.22. The number of nitrogens with one attached hydrogen (secondary N) is 1. The van der Waals surface area contributed by atoms with E-state index in [0.29, 0.717) is 33.1 Å². The summed E-state index contributed by atoms with van der Waals surface area (Å²) in [5, 5.41) is 23.3. The molecule has 0 bridgehead atoms. The van der Waals surface area contributed by atoms with Crippen LogP contribution in [0.2, 0.25) is 5.02 Å². The van der Waals surface area contributed by atoms with Crippen molar-refractivity contribution >= 4 is 40.5 Å². The van der Waals surface area contributed by atoms with Crippen LogP contribution >= 0.6 is 22.9 Å². The first-order chi connectivity index (χ1) is 13.9. The number of hydrogen-bond acceptors (Lipinski definition) is 5.